The first-order valence-corrected chi connectivity index (χ1v) is 12.1. The van der Waals surface area contributed by atoms with Crippen LogP contribution in [0.3, 0.4) is 0 Å². The Labute approximate surface area is 223 Å². The summed E-state index contributed by atoms with van der Waals surface area (Å²) in [5, 5.41) is 0. The Morgan fingerprint density at radius 1 is 0.774 bits per heavy atom. The number of ether oxygens (including phenoxy) is 4. The number of likely N-dealkylation sites (N-methyl/N-ethyl adjacent to an activating group) is 2. The lowest BCUT2D eigenvalue weighted by Crippen LogP contribution is -3.00. The van der Waals surface area contributed by atoms with Crippen molar-refractivity contribution in [2.45, 2.75) is 82.6 Å². The average molecular weight is 666 g/mol. The van der Waals surface area contributed by atoms with E-state index in [0.29, 0.717) is 0 Å². The molecule has 0 aromatic carbocycles. The first-order valence-electron chi connectivity index (χ1n) is 12.1. The Balaban J connectivity index is 0.00000171. The average Bonchev–Trinajstić information content (AvgIpc) is 3.27. The van der Waals surface area contributed by atoms with E-state index in [1.807, 2.05) is 0 Å². The van der Waals surface area contributed by atoms with Gasteiger partial charge in [-0.1, -0.05) is 0 Å². The van der Waals surface area contributed by atoms with Crippen molar-refractivity contribution < 1.29 is 75.9 Å². The second-order valence-corrected chi connectivity index (χ2v) is 10.9. The van der Waals surface area contributed by atoms with E-state index in [1.54, 1.807) is 0 Å². The summed E-state index contributed by atoms with van der Waals surface area (Å²) in [5.74, 6) is -0.490. The van der Waals surface area contributed by atoms with Crippen LogP contribution in [0.1, 0.15) is 58.3 Å². The Morgan fingerprint density at radius 3 is 1.90 bits per heavy atom. The third-order valence-corrected chi connectivity index (χ3v) is 7.72. The summed E-state index contributed by atoms with van der Waals surface area (Å²) >= 11 is 0. The predicted molar refractivity (Wildman–Crippen MR) is 112 cm³/mol. The van der Waals surface area contributed by atoms with Crippen molar-refractivity contribution in [3.8, 4) is 0 Å². The number of likely N-dealkylation sites (tertiary alicyclic amines) is 2. The van der Waals surface area contributed by atoms with Crippen molar-refractivity contribution in [2.75, 3.05) is 66.6 Å². The molecule has 0 aromatic rings. The van der Waals surface area contributed by atoms with Crippen LogP contribution < -0.4 is 48.0 Å². The number of hydrogen-bond acceptors (Lipinski definition) is 4. The Bertz CT molecular complexity index is 544. The van der Waals surface area contributed by atoms with Gasteiger partial charge in [0, 0.05) is 12.8 Å². The SMILES string of the molecule is CC1(CCC2OCC(C[N+]3(C)CCCCC3)O2)OCC(C[N+]2(C)CCCCC2)O1.[I-].[I-]. The third kappa shape index (κ3) is 8.14. The van der Waals surface area contributed by atoms with Gasteiger partial charge in [0.2, 0.25) is 0 Å². The van der Waals surface area contributed by atoms with Crippen molar-refractivity contribution in [3.63, 3.8) is 0 Å². The van der Waals surface area contributed by atoms with Crippen LogP contribution in [0.25, 0.3) is 0 Å². The number of piperidine rings is 2. The molecule has 0 radical (unpaired) electrons. The molecule has 31 heavy (non-hydrogen) atoms. The van der Waals surface area contributed by atoms with Gasteiger partial charge in [0.15, 0.2) is 12.1 Å². The van der Waals surface area contributed by atoms with E-state index in [4.69, 9.17) is 18.9 Å². The van der Waals surface area contributed by atoms with Crippen molar-refractivity contribution in [1.82, 2.24) is 0 Å². The largest absolute Gasteiger partial charge is 1.00 e. The van der Waals surface area contributed by atoms with Gasteiger partial charge in [-0.3, -0.25) is 0 Å². The van der Waals surface area contributed by atoms with Gasteiger partial charge in [0.1, 0.15) is 25.3 Å². The molecule has 4 unspecified atom stereocenters. The van der Waals surface area contributed by atoms with E-state index in [1.165, 1.54) is 64.7 Å². The molecule has 0 amide bonds. The smallest absolute Gasteiger partial charge is 0.166 e. The first-order chi connectivity index (χ1) is 13.9. The second kappa shape index (κ2) is 12.3. The quantitative estimate of drug-likeness (QED) is 0.214. The fourth-order valence-corrected chi connectivity index (χ4v) is 5.95. The minimum atomic E-state index is -0.490. The molecule has 0 spiro atoms. The fourth-order valence-electron chi connectivity index (χ4n) is 5.95. The zero-order valence-corrected chi connectivity index (χ0v) is 24.1. The molecule has 4 aliphatic heterocycles. The zero-order valence-electron chi connectivity index (χ0n) is 19.8. The number of halogens is 2. The number of nitrogens with zero attached hydrogens (tertiary/aromatic N) is 2. The summed E-state index contributed by atoms with van der Waals surface area (Å²) < 4.78 is 27.0. The number of rotatable bonds is 7. The second-order valence-electron chi connectivity index (χ2n) is 10.9. The number of quaternary nitrogens is 2. The summed E-state index contributed by atoms with van der Waals surface area (Å²) in [6, 6.07) is 0. The monoisotopic (exact) mass is 666 g/mol. The Morgan fingerprint density at radius 2 is 1.32 bits per heavy atom. The molecule has 4 rings (SSSR count). The van der Waals surface area contributed by atoms with Gasteiger partial charge in [0.05, 0.1) is 53.5 Å². The lowest BCUT2D eigenvalue weighted by molar-refractivity contribution is -0.916. The molecule has 4 atom stereocenters. The van der Waals surface area contributed by atoms with Gasteiger partial charge in [0.25, 0.3) is 0 Å². The van der Waals surface area contributed by atoms with Crippen LogP contribution in [0.4, 0.5) is 0 Å². The summed E-state index contributed by atoms with van der Waals surface area (Å²) in [5.41, 5.74) is 0. The van der Waals surface area contributed by atoms with E-state index >= 15 is 0 Å². The highest BCUT2D eigenvalue weighted by atomic mass is 127. The fraction of sp³-hybridized carbons (Fsp3) is 1.00. The van der Waals surface area contributed by atoms with Gasteiger partial charge in [-0.25, -0.2) is 0 Å². The van der Waals surface area contributed by atoms with Crippen molar-refractivity contribution in [3.05, 3.63) is 0 Å². The van der Waals surface area contributed by atoms with Crippen LogP contribution in [-0.4, -0.2) is 99.8 Å². The van der Waals surface area contributed by atoms with Crippen LogP contribution in [0.2, 0.25) is 0 Å². The van der Waals surface area contributed by atoms with Crippen LogP contribution in [0, 0.1) is 0 Å². The topological polar surface area (TPSA) is 36.9 Å². The van der Waals surface area contributed by atoms with Gasteiger partial charge in [-0.15, -0.1) is 0 Å². The molecular formula is C23H44I2N2O4. The highest BCUT2D eigenvalue weighted by Gasteiger charge is 2.42. The molecule has 4 aliphatic rings. The van der Waals surface area contributed by atoms with E-state index in [0.717, 1.165) is 48.1 Å². The summed E-state index contributed by atoms with van der Waals surface area (Å²) in [6.45, 7) is 10.8. The Hall–Kier alpha value is 1.22. The van der Waals surface area contributed by atoms with Crippen LogP contribution in [-0.2, 0) is 18.9 Å². The maximum atomic E-state index is 6.39. The maximum absolute atomic E-state index is 6.39. The van der Waals surface area contributed by atoms with Crippen molar-refractivity contribution >= 4 is 0 Å². The van der Waals surface area contributed by atoms with Crippen molar-refractivity contribution in [2.24, 2.45) is 0 Å². The van der Waals surface area contributed by atoms with E-state index < -0.39 is 5.79 Å². The van der Waals surface area contributed by atoms with E-state index in [9.17, 15) is 0 Å². The van der Waals surface area contributed by atoms with Gasteiger partial charge in [-0.05, 0) is 45.4 Å². The minimum Gasteiger partial charge on any atom is -1.00 e. The normalized spacial score (nSPS) is 37.1. The highest BCUT2D eigenvalue weighted by molar-refractivity contribution is 4.77. The summed E-state index contributed by atoms with van der Waals surface area (Å²) in [4.78, 5) is 0. The molecule has 0 aliphatic carbocycles. The summed E-state index contributed by atoms with van der Waals surface area (Å²) in [6.07, 6.45) is 10.2. The molecule has 4 fully saturated rings. The third-order valence-electron chi connectivity index (χ3n) is 7.72. The van der Waals surface area contributed by atoms with E-state index in [2.05, 4.69) is 21.0 Å². The van der Waals surface area contributed by atoms with Gasteiger partial charge >= 0.3 is 0 Å². The van der Waals surface area contributed by atoms with E-state index in [-0.39, 0.29) is 66.5 Å². The lowest BCUT2D eigenvalue weighted by Gasteiger charge is -2.39. The van der Waals surface area contributed by atoms with Crippen LogP contribution in [0.15, 0.2) is 0 Å². The standard InChI is InChI=1S/C23H44N2O4.2HI/c1-23(27-19-21(29-23)17-25(3)14-8-5-9-15-25)11-10-22-26-18-20(28-22)16-24(2)12-6-4-7-13-24;;/h20-22H,4-19H2,1-3H3;2*1H/q+2;;/p-2. The molecule has 0 bridgehead atoms. The van der Waals surface area contributed by atoms with Gasteiger partial charge in [-0.2, -0.15) is 0 Å². The molecule has 0 saturated carbocycles. The number of hydrogen-bond donors (Lipinski definition) is 0. The molecule has 4 saturated heterocycles. The molecule has 6 nitrogen and oxygen atoms in total. The van der Waals surface area contributed by atoms with Crippen LogP contribution >= 0.6 is 0 Å². The maximum Gasteiger partial charge on any atom is 0.166 e. The lowest BCUT2D eigenvalue weighted by atomic mass is 10.1. The molecular weight excluding hydrogens is 622 g/mol. The minimum absolute atomic E-state index is 0. The van der Waals surface area contributed by atoms with Crippen molar-refractivity contribution in [1.29, 1.82) is 0 Å². The molecule has 4 heterocycles. The molecule has 8 heteroatoms. The molecule has 0 aromatic heterocycles. The zero-order chi connectivity index (χ0) is 20.4. The molecule has 0 N–H and O–H groups in total. The first kappa shape index (κ1) is 28.5. The highest BCUT2D eigenvalue weighted by Crippen LogP contribution is 2.32. The van der Waals surface area contributed by atoms with Crippen LogP contribution in [0.5, 0.6) is 0 Å². The predicted octanol–water partition coefficient (Wildman–Crippen LogP) is -3.09. The molecule has 184 valence electrons. The summed E-state index contributed by atoms with van der Waals surface area (Å²) in [7, 11) is 4.76. The Kier molecular flexibility index (Phi) is 11.3. The van der Waals surface area contributed by atoms with Gasteiger partial charge < -0.3 is 75.9 Å².